The van der Waals surface area contributed by atoms with Crippen LogP contribution in [0.1, 0.15) is 25.0 Å². The Labute approximate surface area is 86.7 Å². The lowest BCUT2D eigenvalue weighted by atomic mass is 10.1. The second-order valence-electron chi connectivity index (χ2n) is 2.82. The van der Waals surface area contributed by atoms with Crippen molar-refractivity contribution in [2.24, 2.45) is 0 Å². The minimum atomic E-state index is -0.387. The van der Waals surface area contributed by atoms with E-state index in [4.69, 9.17) is 4.74 Å². The van der Waals surface area contributed by atoms with Gasteiger partial charge in [0.25, 0.3) is 0 Å². The van der Waals surface area contributed by atoms with Crippen LogP contribution >= 0.6 is 15.9 Å². The molecule has 0 fully saturated rings. The average Bonchev–Trinajstić information content (AvgIpc) is 2.16. The van der Waals surface area contributed by atoms with Crippen LogP contribution in [0.5, 0.6) is 5.75 Å². The van der Waals surface area contributed by atoms with Crippen LogP contribution in [-0.4, -0.2) is 12.2 Å². The zero-order valence-corrected chi connectivity index (χ0v) is 9.34. The van der Waals surface area contributed by atoms with Crippen molar-refractivity contribution < 1.29 is 9.84 Å². The molecule has 1 aromatic rings. The molecule has 13 heavy (non-hydrogen) atoms. The summed E-state index contributed by atoms with van der Waals surface area (Å²) in [5.41, 5.74) is 0.912. The Morgan fingerprint density at radius 2 is 2.23 bits per heavy atom. The minimum Gasteiger partial charge on any atom is -0.496 e. The Morgan fingerprint density at radius 3 is 2.69 bits per heavy atom. The molecular weight excluding hydrogens is 232 g/mol. The van der Waals surface area contributed by atoms with Gasteiger partial charge in [-0.25, -0.2) is 0 Å². The summed E-state index contributed by atoms with van der Waals surface area (Å²) in [6, 6.07) is 5.60. The minimum absolute atomic E-state index is 0.387. The third-order valence-corrected chi connectivity index (χ3v) is 2.57. The van der Waals surface area contributed by atoms with Crippen LogP contribution < -0.4 is 4.74 Å². The molecule has 0 amide bonds. The molecule has 0 bridgehead atoms. The molecule has 0 aliphatic heterocycles. The topological polar surface area (TPSA) is 29.5 Å². The maximum atomic E-state index is 9.56. The highest BCUT2D eigenvalue weighted by molar-refractivity contribution is 9.10. The first-order valence-corrected chi connectivity index (χ1v) is 4.99. The number of ether oxygens (including phenoxy) is 1. The summed E-state index contributed by atoms with van der Waals surface area (Å²) in [5.74, 6) is 0.784. The third kappa shape index (κ3) is 2.45. The Kier molecular flexibility index (Phi) is 3.75. The quantitative estimate of drug-likeness (QED) is 0.887. The van der Waals surface area contributed by atoms with E-state index >= 15 is 0 Å². The van der Waals surface area contributed by atoms with E-state index in [1.54, 1.807) is 7.11 Å². The van der Waals surface area contributed by atoms with Gasteiger partial charge < -0.3 is 9.84 Å². The van der Waals surface area contributed by atoms with Gasteiger partial charge in [0, 0.05) is 0 Å². The second-order valence-corrected chi connectivity index (χ2v) is 3.67. The standard InChI is InChI=1S/C10H13BrO2/c1-3-9(12)7-4-5-10(13-2)8(11)6-7/h4-6,9,12H,3H2,1-2H3/t9-/m1/s1. The number of hydrogen-bond donors (Lipinski definition) is 1. The molecule has 0 radical (unpaired) electrons. The Balaban J connectivity index is 2.95. The average molecular weight is 245 g/mol. The van der Waals surface area contributed by atoms with Gasteiger partial charge in [0.1, 0.15) is 5.75 Å². The number of halogens is 1. The normalized spacial score (nSPS) is 12.6. The van der Waals surface area contributed by atoms with Crippen molar-refractivity contribution in [2.45, 2.75) is 19.4 Å². The molecule has 0 spiro atoms. The maximum Gasteiger partial charge on any atom is 0.133 e. The monoisotopic (exact) mass is 244 g/mol. The number of aliphatic hydroxyl groups excluding tert-OH is 1. The summed E-state index contributed by atoms with van der Waals surface area (Å²) >= 11 is 3.37. The van der Waals surface area contributed by atoms with E-state index < -0.39 is 0 Å². The number of rotatable bonds is 3. The fraction of sp³-hybridized carbons (Fsp3) is 0.400. The predicted molar refractivity (Wildman–Crippen MR) is 55.9 cm³/mol. The molecule has 1 rings (SSSR count). The summed E-state index contributed by atoms with van der Waals surface area (Å²) in [7, 11) is 1.62. The van der Waals surface area contributed by atoms with Gasteiger partial charge in [0.15, 0.2) is 0 Å². The molecular formula is C10H13BrO2. The SMILES string of the molecule is CC[C@@H](O)c1ccc(OC)c(Br)c1. The molecule has 0 aliphatic rings. The highest BCUT2D eigenvalue weighted by atomic mass is 79.9. The van der Waals surface area contributed by atoms with E-state index in [0.29, 0.717) is 0 Å². The summed E-state index contributed by atoms with van der Waals surface area (Å²) < 4.78 is 5.96. The highest BCUT2D eigenvalue weighted by Gasteiger charge is 2.07. The fourth-order valence-electron chi connectivity index (χ4n) is 1.13. The van der Waals surface area contributed by atoms with Crippen LogP contribution in [0, 0.1) is 0 Å². The molecule has 1 aromatic carbocycles. The van der Waals surface area contributed by atoms with Crippen molar-refractivity contribution in [3.8, 4) is 5.75 Å². The van der Waals surface area contributed by atoms with Gasteiger partial charge in [-0.15, -0.1) is 0 Å². The smallest absolute Gasteiger partial charge is 0.133 e. The molecule has 0 unspecified atom stereocenters. The van der Waals surface area contributed by atoms with Gasteiger partial charge in [0.2, 0.25) is 0 Å². The van der Waals surface area contributed by atoms with E-state index in [0.717, 1.165) is 22.2 Å². The zero-order valence-electron chi connectivity index (χ0n) is 7.75. The van der Waals surface area contributed by atoms with Crippen LogP contribution in [-0.2, 0) is 0 Å². The molecule has 2 nitrogen and oxygen atoms in total. The first kappa shape index (κ1) is 10.5. The van der Waals surface area contributed by atoms with E-state index in [-0.39, 0.29) is 6.10 Å². The van der Waals surface area contributed by atoms with Crippen LogP contribution in [0.3, 0.4) is 0 Å². The van der Waals surface area contributed by atoms with Crippen LogP contribution in [0.15, 0.2) is 22.7 Å². The van der Waals surface area contributed by atoms with Crippen LogP contribution in [0.25, 0.3) is 0 Å². The number of aliphatic hydroxyl groups is 1. The Hall–Kier alpha value is -0.540. The molecule has 1 N–H and O–H groups in total. The van der Waals surface area contributed by atoms with Gasteiger partial charge in [-0.3, -0.25) is 0 Å². The summed E-state index contributed by atoms with van der Waals surface area (Å²) in [4.78, 5) is 0. The fourth-order valence-corrected chi connectivity index (χ4v) is 1.68. The predicted octanol–water partition coefficient (Wildman–Crippen LogP) is 2.90. The number of methoxy groups -OCH3 is 1. The summed E-state index contributed by atoms with van der Waals surface area (Å²) in [5, 5.41) is 9.56. The maximum absolute atomic E-state index is 9.56. The van der Waals surface area contributed by atoms with E-state index in [2.05, 4.69) is 15.9 Å². The van der Waals surface area contributed by atoms with Gasteiger partial charge in [-0.05, 0) is 40.0 Å². The molecule has 0 aromatic heterocycles. The van der Waals surface area contributed by atoms with Crippen molar-refractivity contribution in [3.05, 3.63) is 28.2 Å². The second kappa shape index (κ2) is 4.63. The van der Waals surface area contributed by atoms with E-state index in [1.807, 2.05) is 25.1 Å². The van der Waals surface area contributed by atoms with Gasteiger partial charge in [-0.1, -0.05) is 13.0 Å². The van der Waals surface area contributed by atoms with Gasteiger partial charge in [0.05, 0.1) is 17.7 Å². The lowest BCUT2D eigenvalue weighted by Crippen LogP contribution is -1.95. The van der Waals surface area contributed by atoms with Crippen molar-refractivity contribution in [2.75, 3.05) is 7.11 Å². The summed E-state index contributed by atoms with van der Waals surface area (Å²) in [6.07, 6.45) is 0.334. The molecule has 3 heteroatoms. The van der Waals surface area contributed by atoms with Crippen molar-refractivity contribution in [1.82, 2.24) is 0 Å². The van der Waals surface area contributed by atoms with Crippen molar-refractivity contribution in [1.29, 1.82) is 0 Å². The first-order valence-electron chi connectivity index (χ1n) is 4.20. The zero-order chi connectivity index (χ0) is 9.84. The Bertz CT molecular complexity index is 286. The lowest BCUT2D eigenvalue weighted by molar-refractivity contribution is 0.173. The van der Waals surface area contributed by atoms with Gasteiger partial charge in [-0.2, -0.15) is 0 Å². The molecule has 72 valence electrons. The number of benzene rings is 1. The van der Waals surface area contributed by atoms with E-state index in [9.17, 15) is 5.11 Å². The highest BCUT2D eigenvalue weighted by Crippen LogP contribution is 2.28. The van der Waals surface area contributed by atoms with Crippen LogP contribution in [0.4, 0.5) is 0 Å². The van der Waals surface area contributed by atoms with Crippen molar-refractivity contribution in [3.63, 3.8) is 0 Å². The first-order chi connectivity index (χ1) is 6.19. The lowest BCUT2D eigenvalue weighted by Gasteiger charge is -2.10. The van der Waals surface area contributed by atoms with E-state index in [1.165, 1.54) is 0 Å². The Morgan fingerprint density at radius 1 is 1.54 bits per heavy atom. The summed E-state index contributed by atoms with van der Waals surface area (Å²) in [6.45, 7) is 1.95. The molecule has 1 atom stereocenters. The van der Waals surface area contributed by atoms with Crippen LogP contribution in [0.2, 0.25) is 0 Å². The van der Waals surface area contributed by atoms with Crippen molar-refractivity contribution >= 4 is 15.9 Å². The third-order valence-electron chi connectivity index (χ3n) is 1.95. The molecule has 0 saturated heterocycles. The molecule has 0 aliphatic carbocycles. The number of hydrogen-bond acceptors (Lipinski definition) is 2. The largest absolute Gasteiger partial charge is 0.496 e. The molecule has 0 saturated carbocycles. The molecule has 0 heterocycles. The van der Waals surface area contributed by atoms with Gasteiger partial charge >= 0.3 is 0 Å².